The highest BCUT2D eigenvalue weighted by Crippen LogP contribution is 2.26. The minimum absolute atomic E-state index is 0.282. The van der Waals surface area contributed by atoms with Gasteiger partial charge in [-0.3, -0.25) is 4.79 Å². The van der Waals surface area contributed by atoms with Gasteiger partial charge in [0.25, 0.3) is 0 Å². The number of nitrogens with two attached hydrogens (primary N) is 1. The van der Waals surface area contributed by atoms with Crippen LogP contribution in [0.4, 0.5) is 11.4 Å². The zero-order valence-corrected chi connectivity index (χ0v) is 14.1. The number of carbonyl (C=O) groups is 1. The molecule has 2 fully saturated rings. The summed E-state index contributed by atoms with van der Waals surface area (Å²) < 4.78 is 0. The molecule has 1 aromatic rings. The average Bonchev–Trinajstić information content (AvgIpc) is 3.08. The smallest absolute Gasteiger partial charge is 0.222 e. The summed E-state index contributed by atoms with van der Waals surface area (Å²) in [4.78, 5) is 18.8. The number of hydrogen-bond donors (Lipinski definition) is 1. The average molecular weight is 316 g/mol. The van der Waals surface area contributed by atoms with Crippen LogP contribution in [0.25, 0.3) is 0 Å². The van der Waals surface area contributed by atoms with E-state index < -0.39 is 0 Å². The van der Waals surface area contributed by atoms with Crippen molar-refractivity contribution in [2.75, 3.05) is 56.9 Å². The molecule has 0 atom stereocenters. The highest BCUT2D eigenvalue weighted by molar-refractivity contribution is 5.77. The molecule has 1 aromatic carbocycles. The molecule has 0 spiro atoms. The molecule has 0 radical (unpaired) electrons. The fourth-order valence-corrected chi connectivity index (χ4v) is 3.47. The van der Waals surface area contributed by atoms with Crippen LogP contribution >= 0.6 is 0 Å². The van der Waals surface area contributed by atoms with Gasteiger partial charge in [0.2, 0.25) is 5.91 Å². The van der Waals surface area contributed by atoms with Gasteiger partial charge in [-0.1, -0.05) is 6.07 Å². The van der Waals surface area contributed by atoms with E-state index in [0.717, 1.165) is 75.5 Å². The second-order valence-electron chi connectivity index (χ2n) is 6.77. The predicted molar refractivity (Wildman–Crippen MR) is 94.7 cm³/mol. The number of anilines is 2. The maximum Gasteiger partial charge on any atom is 0.222 e. The Morgan fingerprint density at radius 2 is 1.78 bits per heavy atom. The first-order valence-corrected chi connectivity index (χ1v) is 8.73. The second-order valence-corrected chi connectivity index (χ2v) is 6.77. The lowest BCUT2D eigenvalue weighted by Gasteiger charge is -2.34. The number of carbonyl (C=O) groups excluding carboxylic acids is 1. The van der Waals surface area contributed by atoms with E-state index in [2.05, 4.69) is 29.0 Å². The van der Waals surface area contributed by atoms with E-state index in [0.29, 0.717) is 6.42 Å². The van der Waals surface area contributed by atoms with Crippen LogP contribution in [-0.4, -0.2) is 62.0 Å². The lowest BCUT2D eigenvalue weighted by Crippen LogP contribution is -2.44. The highest BCUT2D eigenvalue weighted by atomic mass is 16.2. The number of nitrogen functional groups attached to an aromatic ring is 1. The number of rotatable bonds is 4. The molecule has 1 amide bonds. The molecule has 2 aliphatic rings. The van der Waals surface area contributed by atoms with E-state index in [4.69, 9.17) is 5.73 Å². The summed E-state index contributed by atoms with van der Waals surface area (Å²) in [5, 5.41) is 0. The minimum Gasteiger partial charge on any atom is -0.397 e. The van der Waals surface area contributed by atoms with Crippen molar-refractivity contribution in [1.82, 2.24) is 9.80 Å². The quantitative estimate of drug-likeness (QED) is 0.857. The van der Waals surface area contributed by atoms with Crippen molar-refractivity contribution < 1.29 is 4.79 Å². The molecule has 3 rings (SSSR count). The van der Waals surface area contributed by atoms with Crippen molar-refractivity contribution in [3.05, 3.63) is 23.8 Å². The van der Waals surface area contributed by atoms with E-state index in [1.807, 2.05) is 11.0 Å². The molecule has 126 valence electrons. The van der Waals surface area contributed by atoms with Crippen molar-refractivity contribution >= 4 is 17.3 Å². The van der Waals surface area contributed by atoms with Crippen LogP contribution < -0.4 is 10.6 Å². The second kappa shape index (κ2) is 7.21. The molecule has 0 saturated carbocycles. The number of aryl methyl sites for hydroxylation is 1. The van der Waals surface area contributed by atoms with Crippen molar-refractivity contribution in [1.29, 1.82) is 0 Å². The topological polar surface area (TPSA) is 52.8 Å². The molecule has 0 unspecified atom stereocenters. The van der Waals surface area contributed by atoms with Gasteiger partial charge in [0.15, 0.2) is 0 Å². The monoisotopic (exact) mass is 316 g/mol. The Balaban J connectivity index is 1.57. The SMILES string of the molecule is CN1CCN(c2ccc(CCC(=O)N3CCCC3)cc2N)CC1. The molecule has 5 heteroatoms. The van der Waals surface area contributed by atoms with Gasteiger partial charge in [0, 0.05) is 45.7 Å². The van der Waals surface area contributed by atoms with Gasteiger partial charge in [-0.25, -0.2) is 0 Å². The zero-order chi connectivity index (χ0) is 16.2. The molecule has 2 saturated heterocycles. The van der Waals surface area contributed by atoms with Gasteiger partial charge < -0.3 is 20.4 Å². The standard InChI is InChI=1S/C18H28N4O/c1-20-10-12-21(13-11-20)17-6-4-15(14-16(17)19)5-7-18(23)22-8-2-3-9-22/h4,6,14H,2-3,5,7-13,19H2,1H3. The van der Waals surface area contributed by atoms with Crippen molar-refractivity contribution in [2.45, 2.75) is 25.7 Å². The highest BCUT2D eigenvalue weighted by Gasteiger charge is 2.18. The third kappa shape index (κ3) is 3.96. The number of nitrogens with zero attached hydrogens (tertiary/aromatic N) is 3. The van der Waals surface area contributed by atoms with Crippen LogP contribution in [0.2, 0.25) is 0 Å². The van der Waals surface area contributed by atoms with Gasteiger partial charge in [-0.15, -0.1) is 0 Å². The fraction of sp³-hybridized carbons (Fsp3) is 0.611. The van der Waals surface area contributed by atoms with Crippen LogP contribution in [0.15, 0.2) is 18.2 Å². The zero-order valence-electron chi connectivity index (χ0n) is 14.1. The maximum absolute atomic E-state index is 12.1. The fourth-order valence-electron chi connectivity index (χ4n) is 3.47. The number of likely N-dealkylation sites (N-methyl/N-ethyl adjacent to an activating group) is 1. The number of likely N-dealkylation sites (tertiary alicyclic amines) is 1. The Morgan fingerprint density at radius 3 is 2.43 bits per heavy atom. The third-order valence-electron chi connectivity index (χ3n) is 5.02. The van der Waals surface area contributed by atoms with E-state index >= 15 is 0 Å². The van der Waals surface area contributed by atoms with Crippen LogP contribution in [-0.2, 0) is 11.2 Å². The molecule has 2 aliphatic heterocycles. The largest absolute Gasteiger partial charge is 0.397 e. The van der Waals surface area contributed by atoms with Crippen LogP contribution in [0, 0.1) is 0 Å². The number of benzene rings is 1. The van der Waals surface area contributed by atoms with Gasteiger partial charge in [0.05, 0.1) is 11.4 Å². The van der Waals surface area contributed by atoms with Gasteiger partial charge in [-0.2, -0.15) is 0 Å². The first kappa shape index (κ1) is 16.1. The lowest BCUT2D eigenvalue weighted by molar-refractivity contribution is -0.130. The Hall–Kier alpha value is -1.75. The Labute approximate surface area is 139 Å². The molecule has 23 heavy (non-hydrogen) atoms. The van der Waals surface area contributed by atoms with Gasteiger partial charge in [-0.05, 0) is 44.0 Å². The van der Waals surface area contributed by atoms with Crippen LogP contribution in [0.5, 0.6) is 0 Å². The summed E-state index contributed by atoms with van der Waals surface area (Å²) in [6, 6.07) is 6.29. The van der Waals surface area contributed by atoms with Gasteiger partial charge >= 0.3 is 0 Å². The van der Waals surface area contributed by atoms with E-state index in [1.165, 1.54) is 0 Å². The van der Waals surface area contributed by atoms with E-state index in [9.17, 15) is 4.79 Å². The normalized spacial score (nSPS) is 19.3. The Morgan fingerprint density at radius 1 is 1.09 bits per heavy atom. The minimum atomic E-state index is 0.282. The van der Waals surface area contributed by atoms with Gasteiger partial charge in [0.1, 0.15) is 0 Å². The molecule has 5 nitrogen and oxygen atoms in total. The Kier molecular flexibility index (Phi) is 5.06. The summed E-state index contributed by atoms with van der Waals surface area (Å²) in [5.41, 5.74) is 9.39. The molecular weight excluding hydrogens is 288 g/mol. The molecule has 0 aliphatic carbocycles. The van der Waals surface area contributed by atoms with E-state index in [-0.39, 0.29) is 5.91 Å². The van der Waals surface area contributed by atoms with Crippen LogP contribution in [0.3, 0.4) is 0 Å². The molecule has 2 heterocycles. The van der Waals surface area contributed by atoms with Crippen molar-refractivity contribution in [2.24, 2.45) is 0 Å². The lowest BCUT2D eigenvalue weighted by atomic mass is 10.1. The summed E-state index contributed by atoms with van der Waals surface area (Å²) in [5.74, 6) is 0.282. The molecular formula is C18H28N4O. The molecule has 0 bridgehead atoms. The number of amides is 1. The number of hydrogen-bond acceptors (Lipinski definition) is 4. The summed E-state index contributed by atoms with van der Waals surface area (Å²) in [6.45, 7) is 6.06. The maximum atomic E-state index is 12.1. The summed E-state index contributed by atoms with van der Waals surface area (Å²) >= 11 is 0. The number of piperazine rings is 1. The first-order valence-electron chi connectivity index (χ1n) is 8.73. The first-order chi connectivity index (χ1) is 11.1. The van der Waals surface area contributed by atoms with Crippen molar-refractivity contribution in [3.8, 4) is 0 Å². The van der Waals surface area contributed by atoms with Crippen LogP contribution in [0.1, 0.15) is 24.8 Å². The predicted octanol–water partition coefficient (Wildman–Crippen LogP) is 1.58. The molecule has 2 N–H and O–H groups in total. The molecule has 0 aromatic heterocycles. The summed E-state index contributed by atoms with van der Waals surface area (Å²) in [6.07, 6.45) is 3.67. The third-order valence-corrected chi connectivity index (χ3v) is 5.02. The summed E-state index contributed by atoms with van der Waals surface area (Å²) in [7, 11) is 2.15. The van der Waals surface area contributed by atoms with Crippen molar-refractivity contribution in [3.63, 3.8) is 0 Å². The Bertz CT molecular complexity index is 546. The van der Waals surface area contributed by atoms with E-state index in [1.54, 1.807) is 0 Å².